The molecule has 0 unspecified atom stereocenters. The second-order valence-electron chi connectivity index (χ2n) is 8.48. The van der Waals surface area contributed by atoms with E-state index in [0.29, 0.717) is 29.4 Å². The molecule has 31 heavy (non-hydrogen) atoms. The van der Waals surface area contributed by atoms with E-state index in [1.165, 1.54) is 0 Å². The van der Waals surface area contributed by atoms with Crippen LogP contribution in [0, 0.1) is 13.8 Å². The minimum atomic E-state index is -0.111. The summed E-state index contributed by atoms with van der Waals surface area (Å²) in [6.07, 6.45) is 2.10. The summed E-state index contributed by atoms with van der Waals surface area (Å²) >= 11 is 0. The minimum absolute atomic E-state index is 0.0405. The van der Waals surface area contributed by atoms with Crippen molar-refractivity contribution in [2.45, 2.75) is 39.3 Å². The Morgan fingerprint density at radius 2 is 1.81 bits per heavy atom. The Morgan fingerprint density at radius 3 is 2.55 bits per heavy atom. The SMILES string of the molecule is Cc1ccc(C(=O)NC2CC2)cc1-c1ccc2c(c1)CN(c1c(C)cccc1O)C2=O. The average Bonchev–Trinajstić information content (AvgIpc) is 3.50. The number of carbonyl (C=O) groups excluding carboxylic acids is 2. The van der Waals surface area contributed by atoms with Crippen LogP contribution in [0.1, 0.15) is 50.2 Å². The summed E-state index contributed by atoms with van der Waals surface area (Å²) in [5, 5.41) is 13.4. The lowest BCUT2D eigenvalue weighted by Crippen LogP contribution is -2.25. The summed E-state index contributed by atoms with van der Waals surface area (Å²) in [7, 11) is 0. The zero-order chi connectivity index (χ0) is 21.7. The predicted octanol–water partition coefficient (Wildman–Crippen LogP) is 4.73. The Morgan fingerprint density at radius 1 is 1.00 bits per heavy atom. The van der Waals surface area contributed by atoms with E-state index >= 15 is 0 Å². The van der Waals surface area contributed by atoms with Gasteiger partial charge in [-0.25, -0.2) is 0 Å². The molecule has 1 aliphatic carbocycles. The number of para-hydroxylation sites is 1. The monoisotopic (exact) mass is 412 g/mol. The van der Waals surface area contributed by atoms with E-state index in [0.717, 1.165) is 40.7 Å². The first-order valence-electron chi connectivity index (χ1n) is 10.6. The van der Waals surface area contributed by atoms with Crippen LogP contribution >= 0.6 is 0 Å². The molecule has 5 nitrogen and oxygen atoms in total. The minimum Gasteiger partial charge on any atom is -0.506 e. The standard InChI is InChI=1S/C26H24N2O3/c1-15-6-7-18(25(30)27-20-9-10-20)13-22(15)17-8-11-21-19(12-17)14-28(26(21)31)24-16(2)4-3-5-23(24)29/h3-8,11-13,20,29H,9-10,14H2,1-2H3,(H,27,30). The fourth-order valence-electron chi connectivity index (χ4n) is 4.23. The Balaban J connectivity index is 1.49. The number of nitrogens with zero attached hydrogens (tertiary/aromatic N) is 1. The van der Waals surface area contributed by atoms with Gasteiger partial charge in [0.05, 0.1) is 12.2 Å². The fraction of sp³-hybridized carbons (Fsp3) is 0.231. The fourth-order valence-corrected chi connectivity index (χ4v) is 4.23. The van der Waals surface area contributed by atoms with Crippen LogP contribution < -0.4 is 10.2 Å². The molecule has 3 aromatic carbocycles. The van der Waals surface area contributed by atoms with Gasteiger partial charge in [0.1, 0.15) is 5.75 Å². The first-order valence-corrected chi connectivity index (χ1v) is 10.6. The molecule has 2 amide bonds. The number of carbonyl (C=O) groups is 2. The van der Waals surface area contributed by atoms with Gasteiger partial charge >= 0.3 is 0 Å². The number of aromatic hydroxyl groups is 1. The number of phenols is 1. The van der Waals surface area contributed by atoms with Gasteiger partial charge in [0, 0.05) is 17.2 Å². The first-order chi connectivity index (χ1) is 14.9. The maximum absolute atomic E-state index is 13.0. The van der Waals surface area contributed by atoms with E-state index in [2.05, 4.69) is 5.32 Å². The van der Waals surface area contributed by atoms with Crippen LogP contribution in [0.25, 0.3) is 11.1 Å². The smallest absolute Gasteiger partial charge is 0.259 e. The number of anilines is 1. The van der Waals surface area contributed by atoms with Gasteiger partial charge in [0.2, 0.25) is 0 Å². The number of benzene rings is 3. The van der Waals surface area contributed by atoms with Crippen molar-refractivity contribution in [1.29, 1.82) is 0 Å². The van der Waals surface area contributed by atoms with Crippen LogP contribution in [0.5, 0.6) is 5.75 Å². The number of rotatable bonds is 4. The molecular formula is C26H24N2O3. The van der Waals surface area contributed by atoms with Crippen molar-refractivity contribution in [2.24, 2.45) is 0 Å². The van der Waals surface area contributed by atoms with Crippen LogP contribution in [-0.4, -0.2) is 23.0 Å². The summed E-state index contributed by atoms with van der Waals surface area (Å²) in [6.45, 7) is 4.31. The molecular weight excluding hydrogens is 388 g/mol. The Hall–Kier alpha value is -3.60. The van der Waals surface area contributed by atoms with Crippen molar-refractivity contribution in [3.8, 4) is 16.9 Å². The molecule has 0 spiro atoms. The first kappa shape index (κ1) is 19.4. The van der Waals surface area contributed by atoms with E-state index in [9.17, 15) is 14.7 Å². The average molecular weight is 412 g/mol. The molecule has 0 radical (unpaired) electrons. The van der Waals surface area contributed by atoms with Crippen LogP contribution in [0.3, 0.4) is 0 Å². The molecule has 0 atom stereocenters. The number of fused-ring (bicyclic) bond motifs is 1. The second-order valence-corrected chi connectivity index (χ2v) is 8.48. The van der Waals surface area contributed by atoms with E-state index in [1.54, 1.807) is 17.0 Å². The van der Waals surface area contributed by atoms with Crippen LogP contribution in [0.15, 0.2) is 54.6 Å². The lowest BCUT2D eigenvalue weighted by Gasteiger charge is -2.19. The topological polar surface area (TPSA) is 69.6 Å². The highest BCUT2D eigenvalue weighted by atomic mass is 16.3. The summed E-state index contributed by atoms with van der Waals surface area (Å²) < 4.78 is 0. The highest BCUT2D eigenvalue weighted by Crippen LogP contribution is 2.38. The van der Waals surface area contributed by atoms with Gasteiger partial charge < -0.3 is 15.3 Å². The normalized spacial score (nSPS) is 15.2. The number of amides is 2. The summed E-state index contributed by atoms with van der Waals surface area (Å²) in [4.78, 5) is 27.2. The number of aryl methyl sites for hydroxylation is 2. The van der Waals surface area contributed by atoms with Crippen LogP contribution in [0.2, 0.25) is 0 Å². The van der Waals surface area contributed by atoms with Crippen LogP contribution in [-0.2, 0) is 6.54 Å². The zero-order valence-corrected chi connectivity index (χ0v) is 17.6. The molecule has 0 saturated heterocycles. The van der Waals surface area contributed by atoms with Gasteiger partial charge in [0.25, 0.3) is 11.8 Å². The molecule has 156 valence electrons. The lowest BCUT2D eigenvalue weighted by molar-refractivity contribution is 0.0949. The third-order valence-electron chi connectivity index (χ3n) is 6.12. The van der Waals surface area contributed by atoms with Gasteiger partial charge in [-0.15, -0.1) is 0 Å². The highest BCUT2D eigenvalue weighted by molar-refractivity contribution is 6.11. The molecule has 0 aromatic heterocycles. The Labute approximate surface area is 181 Å². The van der Waals surface area contributed by atoms with E-state index < -0.39 is 0 Å². The second kappa shape index (κ2) is 7.27. The molecule has 1 fully saturated rings. The highest BCUT2D eigenvalue weighted by Gasteiger charge is 2.31. The predicted molar refractivity (Wildman–Crippen MR) is 120 cm³/mol. The molecule has 5 rings (SSSR count). The van der Waals surface area contributed by atoms with Crippen molar-refractivity contribution < 1.29 is 14.7 Å². The van der Waals surface area contributed by atoms with Crippen molar-refractivity contribution in [3.05, 3.63) is 82.4 Å². The number of hydrogen-bond acceptors (Lipinski definition) is 3. The van der Waals surface area contributed by atoms with Gasteiger partial charge in [-0.1, -0.05) is 24.3 Å². The molecule has 3 aromatic rings. The lowest BCUT2D eigenvalue weighted by atomic mass is 9.95. The van der Waals surface area contributed by atoms with Crippen molar-refractivity contribution in [3.63, 3.8) is 0 Å². The Bertz CT molecular complexity index is 1210. The maximum Gasteiger partial charge on any atom is 0.259 e. The third kappa shape index (κ3) is 3.46. The van der Waals surface area contributed by atoms with E-state index in [-0.39, 0.29) is 17.6 Å². The van der Waals surface area contributed by atoms with E-state index in [4.69, 9.17) is 0 Å². The van der Waals surface area contributed by atoms with Crippen molar-refractivity contribution in [2.75, 3.05) is 4.90 Å². The zero-order valence-electron chi connectivity index (χ0n) is 17.6. The van der Waals surface area contributed by atoms with Crippen molar-refractivity contribution >= 4 is 17.5 Å². The van der Waals surface area contributed by atoms with Gasteiger partial charge in [-0.3, -0.25) is 9.59 Å². The van der Waals surface area contributed by atoms with E-state index in [1.807, 2.05) is 56.3 Å². The largest absolute Gasteiger partial charge is 0.506 e. The number of nitrogens with one attached hydrogen (secondary N) is 1. The molecule has 2 N–H and O–H groups in total. The summed E-state index contributed by atoms with van der Waals surface area (Å²) in [6, 6.07) is 17.1. The quantitative estimate of drug-likeness (QED) is 0.651. The van der Waals surface area contributed by atoms with Crippen molar-refractivity contribution in [1.82, 2.24) is 5.32 Å². The van der Waals surface area contributed by atoms with Gasteiger partial charge in [-0.05, 0) is 84.8 Å². The maximum atomic E-state index is 13.0. The summed E-state index contributed by atoms with van der Waals surface area (Å²) in [5.74, 6) is -0.0478. The summed E-state index contributed by atoms with van der Waals surface area (Å²) in [5.41, 5.74) is 6.64. The molecule has 0 bridgehead atoms. The van der Waals surface area contributed by atoms with Crippen LogP contribution in [0.4, 0.5) is 5.69 Å². The molecule has 2 aliphatic rings. The van der Waals surface area contributed by atoms with Gasteiger partial charge in [0.15, 0.2) is 0 Å². The number of hydrogen-bond donors (Lipinski definition) is 2. The molecule has 1 aliphatic heterocycles. The number of phenolic OH excluding ortho intramolecular Hbond substituents is 1. The van der Waals surface area contributed by atoms with Gasteiger partial charge in [-0.2, -0.15) is 0 Å². The Kier molecular flexibility index (Phi) is 4.54. The molecule has 5 heteroatoms. The third-order valence-corrected chi connectivity index (χ3v) is 6.12. The molecule has 1 heterocycles. The molecule has 1 saturated carbocycles.